The Morgan fingerprint density at radius 1 is 1.25 bits per heavy atom. The fraction of sp³-hybridized carbons (Fsp3) is 0.364. The smallest absolute Gasteiger partial charge is 0.339 e. The van der Waals surface area contributed by atoms with Crippen LogP contribution in [0.15, 0.2) is 47.4 Å². The minimum absolute atomic E-state index is 0.0238. The number of nitrogens with one attached hydrogen (secondary N) is 2. The monoisotopic (exact) mass is 458 g/mol. The van der Waals surface area contributed by atoms with Crippen molar-refractivity contribution in [3.8, 4) is 5.75 Å². The molecule has 0 unspecified atom stereocenters. The van der Waals surface area contributed by atoms with Crippen LogP contribution in [0.25, 0.3) is 11.0 Å². The van der Waals surface area contributed by atoms with E-state index in [1.165, 1.54) is 18.2 Å². The lowest BCUT2D eigenvalue weighted by atomic mass is 9.95. The Balaban J connectivity index is 1.48. The van der Waals surface area contributed by atoms with E-state index in [-0.39, 0.29) is 28.7 Å². The van der Waals surface area contributed by atoms with E-state index in [0.717, 1.165) is 24.9 Å². The van der Waals surface area contributed by atoms with Crippen LogP contribution in [0.5, 0.6) is 5.75 Å². The second-order valence-electron chi connectivity index (χ2n) is 8.72. The minimum Gasteiger partial charge on any atom is -0.396 e. The molecule has 0 atom stereocenters. The van der Waals surface area contributed by atoms with Crippen LogP contribution < -0.4 is 14.4 Å². The number of aliphatic hydroxyl groups is 1. The summed E-state index contributed by atoms with van der Waals surface area (Å²) in [6, 6.07) is 11.1. The summed E-state index contributed by atoms with van der Waals surface area (Å²) in [5.41, 5.74) is 1.64. The van der Waals surface area contributed by atoms with Crippen molar-refractivity contribution in [1.29, 1.82) is 0 Å². The van der Waals surface area contributed by atoms with Gasteiger partial charge in [-0.3, -0.25) is 9.69 Å². The SMILES string of the molecule is CC(C)(CO)CNc1ccc(S(=O)(=O)Oc2ccc3nc(N(C=O)C4CC4)[nH]c3c2)cc1. The van der Waals surface area contributed by atoms with Crippen molar-refractivity contribution < 1.29 is 22.5 Å². The van der Waals surface area contributed by atoms with Gasteiger partial charge in [0.2, 0.25) is 12.4 Å². The van der Waals surface area contributed by atoms with Gasteiger partial charge in [-0.1, -0.05) is 13.8 Å². The molecule has 0 saturated heterocycles. The highest BCUT2D eigenvalue weighted by atomic mass is 32.2. The van der Waals surface area contributed by atoms with E-state index in [2.05, 4.69) is 15.3 Å². The fourth-order valence-electron chi connectivity index (χ4n) is 3.12. The Kier molecular flexibility index (Phi) is 5.83. The van der Waals surface area contributed by atoms with Crippen LogP contribution >= 0.6 is 0 Å². The van der Waals surface area contributed by atoms with Crippen LogP contribution in [0, 0.1) is 5.41 Å². The second kappa shape index (κ2) is 8.44. The van der Waals surface area contributed by atoms with E-state index in [9.17, 15) is 18.3 Å². The third-order valence-electron chi connectivity index (χ3n) is 5.29. The number of aliphatic hydroxyl groups excluding tert-OH is 1. The highest BCUT2D eigenvalue weighted by Crippen LogP contribution is 2.31. The summed E-state index contributed by atoms with van der Waals surface area (Å²) >= 11 is 0. The molecule has 1 amide bonds. The molecular weight excluding hydrogens is 432 g/mol. The zero-order chi connectivity index (χ0) is 22.9. The first-order chi connectivity index (χ1) is 15.2. The topological polar surface area (TPSA) is 125 Å². The van der Waals surface area contributed by atoms with Gasteiger partial charge in [0, 0.05) is 36.4 Å². The molecule has 1 aliphatic rings. The quantitative estimate of drug-likeness (QED) is 0.315. The zero-order valence-electron chi connectivity index (χ0n) is 17.9. The first kappa shape index (κ1) is 22.1. The Bertz CT molecular complexity index is 1220. The maximum absolute atomic E-state index is 12.7. The van der Waals surface area contributed by atoms with Gasteiger partial charge in [0.05, 0.1) is 11.0 Å². The number of amides is 1. The van der Waals surface area contributed by atoms with Gasteiger partial charge in [0.1, 0.15) is 10.6 Å². The third kappa shape index (κ3) is 4.86. The number of hydrogen-bond donors (Lipinski definition) is 3. The number of aromatic amines is 1. The van der Waals surface area contributed by atoms with Gasteiger partial charge >= 0.3 is 10.1 Å². The van der Waals surface area contributed by atoms with Crippen LogP contribution in [0.1, 0.15) is 26.7 Å². The van der Waals surface area contributed by atoms with E-state index in [1.54, 1.807) is 29.2 Å². The molecule has 1 aliphatic carbocycles. The van der Waals surface area contributed by atoms with Crippen molar-refractivity contribution in [2.45, 2.75) is 37.6 Å². The first-order valence-electron chi connectivity index (χ1n) is 10.3. The largest absolute Gasteiger partial charge is 0.396 e. The van der Waals surface area contributed by atoms with Crippen LogP contribution in [0.2, 0.25) is 0 Å². The van der Waals surface area contributed by atoms with E-state index in [0.29, 0.717) is 23.5 Å². The number of hydrogen-bond acceptors (Lipinski definition) is 7. The molecule has 0 spiro atoms. The molecule has 1 saturated carbocycles. The molecule has 1 fully saturated rings. The molecule has 1 aromatic heterocycles. The summed E-state index contributed by atoms with van der Waals surface area (Å²) in [7, 11) is -4.03. The molecule has 32 heavy (non-hydrogen) atoms. The number of fused-ring (bicyclic) bond motifs is 1. The number of nitrogens with zero attached hydrogens (tertiary/aromatic N) is 2. The van der Waals surface area contributed by atoms with Gasteiger partial charge < -0.3 is 19.6 Å². The molecule has 4 rings (SSSR count). The van der Waals surface area contributed by atoms with Gasteiger partial charge in [-0.2, -0.15) is 8.42 Å². The molecular formula is C22H26N4O5S. The number of carbonyl (C=O) groups excluding carboxylic acids is 1. The Morgan fingerprint density at radius 3 is 2.59 bits per heavy atom. The van der Waals surface area contributed by atoms with Crippen molar-refractivity contribution in [3.63, 3.8) is 0 Å². The molecule has 10 heteroatoms. The second-order valence-corrected chi connectivity index (χ2v) is 10.3. The number of benzene rings is 2. The number of anilines is 2. The van der Waals surface area contributed by atoms with Crippen LogP contribution in [-0.4, -0.2) is 49.1 Å². The molecule has 2 aromatic carbocycles. The summed E-state index contributed by atoms with van der Waals surface area (Å²) in [5.74, 6) is 0.577. The molecule has 170 valence electrons. The minimum atomic E-state index is -4.03. The fourth-order valence-corrected chi connectivity index (χ4v) is 4.05. The molecule has 0 bridgehead atoms. The van der Waals surface area contributed by atoms with E-state index < -0.39 is 10.1 Å². The van der Waals surface area contributed by atoms with Gasteiger partial charge in [0.25, 0.3) is 0 Å². The number of imidazole rings is 1. The highest BCUT2D eigenvalue weighted by molar-refractivity contribution is 7.87. The average Bonchev–Trinajstić information content (AvgIpc) is 3.51. The molecule has 3 aromatic rings. The molecule has 0 radical (unpaired) electrons. The maximum Gasteiger partial charge on any atom is 0.339 e. The van der Waals surface area contributed by atoms with Crippen LogP contribution in [0.3, 0.4) is 0 Å². The number of rotatable bonds is 10. The summed E-state index contributed by atoms with van der Waals surface area (Å²) < 4.78 is 30.7. The van der Waals surface area contributed by atoms with Gasteiger partial charge in [-0.15, -0.1) is 0 Å². The normalized spacial score (nSPS) is 14.3. The Morgan fingerprint density at radius 2 is 1.97 bits per heavy atom. The Hall–Kier alpha value is -3.11. The predicted molar refractivity (Wildman–Crippen MR) is 121 cm³/mol. The standard InChI is InChI=1S/C22H26N4O5S/c1-22(2,13-27)12-23-15-3-8-18(9-4-15)32(29,30)31-17-7-10-19-20(11-17)25-21(24-19)26(14-28)16-5-6-16/h3-4,7-11,14,16,23,27H,5-6,12-13H2,1-2H3,(H,24,25). The zero-order valence-corrected chi connectivity index (χ0v) is 18.7. The summed E-state index contributed by atoms with van der Waals surface area (Å²) in [6.07, 6.45) is 2.63. The third-order valence-corrected chi connectivity index (χ3v) is 6.55. The summed E-state index contributed by atoms with van der Waals surface area (Å²) in [5, 5.41) is 12.5. The Labute approximate surface area is 186 Å². The van der Waals surface area contributed by atoms with Crippen molar-refractivity contribution in [2.75, 3.05) is 23.4 Å². The molecule has 0 aliphatic heterocycles. The molecule has 1 heterocycles. The number of carbonyl (C=O) groups is 1. The number of H-pyrrole nitrogens is 1. The van der Waals surface area contributed by atoms with Crippen molar-refractivity contribution in [2.24, 2.45) is 5.41 Å². The average molecular weight is 459 g/mol. The van der Waals surface area contributed by atoms with Crippen LogP contribution in [0.4, 0.5) is 11.6 Å². The maximum atomic E-state index is 12.7. The summed E-state index contributed by atoms with van der Waals surface area (Å²) in [6.45, 7) is 4.43. The van der Waals surface area contributed by atoms with E-state index in [1.807, 2.05) is 13.8 Å². The van der Waals surface area contributed by atoms with E-state index in [4.69, 9.17) is 4.18 Å². The van der Waals surface area contributed by atoms with Gasteiger partial charge in [-0.25, -0.2) is 4.98 Å². The van der Waals surface area contributed by atoms with Gasteiger partial charge in [-0.05, 0) is 49.2 Å². The molecule has 3 N–H and O–H groups in total. The van der Waals surface area contributed by atoms with E-state index >= 15 is 0 Å². The first-order valence-corrected chi connectivity index (χ1v) is 11.7. The predicted octanol–water partition coefficient (Wildman–Crippen LogP) is 2.89. The van der Waals surface area contributed by atoms with Crippen molar-refractivity contribution in [1.82, 2.24) is 9.97 Å². The highest BCUT2D eigenvalue weighted by Gasteiger charge is 2.31. The van der Waals surface area contributed by atoms with Crippen molar-refractivity contribution in [3.05, 3.63) is 42.5 Å². The lowest BCUT2D eigenvalue weighted by molar-refractivity contribution is -0.107. The van der Waals surface area contributed by atoms with Crippen LogP contribution in [-0.2, 0) is 14.9 Å². The lowest BCUT2D eigenvalue weighted by Crippen LogP contribution is -2.26. The lowest BCUT2D eigenvalue weighted by Gasteiger charge is -2.22. The van der Waals surface area contributed by atoms with Gasteiger partial charge in [0.15, 0.2) is 0 Å². The summed E-state index contributed by atoms with van der Waals surface area (Å²) in [4.78, 5) is 20.4. The number of aromatic nitrogens is 2. The molecule has 9 nitrogen and oxygen atoms in total. The van der Waals surface area contributed by atoms with Crippen molar-refractivity contribution >= 4 is 39.2 Å².